The Labute approximate surface area is 100 Å². The molecular formula is C11H16O3S2. The second-order valence-corrected chi connectivity index (χ2v) is 7.65. The molecule has 1 aliphatic rings. The van der Waals surface area contributed by atoms with E-state index in [4.69, 9.17) is 0 Å². The van der Waals surface area contributed by atoms with E-state index in [-0.39, 0.29) is 24.2 Å². The topological polar surface area (TPSA) is 54.4 Å². The normalized spacial score (nSPS) is 25.7. The molecule has 2 unspecified atom stereocenters. The summed E-state index contributed by atoms with van der Waals surface area (Å²) in [4.78, 5) is 1.23. The van der Waals surface area contributed by atoms with E-state index < -0.39 is 9.84 Å². The molecule has 90 valence electrons. The fourth-order valence-electron chi connectivity index (χ4n) is 2.26. The lowest BCUT2D eigenvalue weighted by molar-refractivity contribution is 0.184. The molecule has 0 radical (unpaired) electrons. The molecule has 1 saturated heterocycles. The Hall–Kier alpha value is -0.390. The minimum Gasteiger partial charge on any atom is -0.396 e. The van der Waals surface area contributed by atoms with Crippen molar-refractivity contribution in [2.45, 2.75) is 12.8 Å². The van der Waals surface area contributed by atoms with Gasteiger partial charge >= 0.3 is 0 Å². The van der Waals surface area contributed by atoms with Crippen molar-refractivity contribution in [1.82, 2.24) is 0 Å². The van der Waals surface area contributed by atoms with Crippen LogP contribution < -0.4 is 0 Å². The molecule has 1 N–H and O–H groups in total. The summed E-state index contributed by atoms with van der Waals surface area (Å²) in [6, 6.07) is 4.02. The molecule has 16 heavy (non-hydrogen) atoms. The van der Waals surface area contributed by atoms with Crippen molar-refractivity contribution in [1.29, 1.82) is 0 Å². The van der Waals surface area contributed by atoms with E-state index in [1.165, 1.54) is 4.88 Å². The third-order valence-electron chi connectivity index (χ3n) is 3.21. The molecule has 0 saturated carbocycles. The molecule has 1 aromatic heterocycles. The van der Waals surface area contributed by atoms with Crippen molar-refractivity contribution in [3.63, 3.8) is 0 Å². The van der Waals surface area contributed by atoms with Crippen LogP contribution in [-0.2, 0) is 16.3 Å². The van der Waals surface area contributed by atoms with Gasteiger partial charge in [-0.15, -0.1) is 11.3 Å². The molecule has 2 heterocycles. The highest BCUT2D eigenvalue weighted by Gasteiger charge is 2.33. The van der Waals surface area contributed by atoms with Crippen LogP contribution in [0.25, 0.3) is 0 Å². The molecule has 0 spiro atoms. The highest BCUT2D eigenvalue weighted by atomic mass is 32.2. The average Bonchev–Trinajstić information content (AvgIpc) is 2.83. The highest BCUT2D eigenvalue weighted by Crippen LogP contribution is 2.29. The second-order valence-electron chi connectivity index (χ2n) is 4.39. The van der Waals surface area contributed by atoms with Crippen molar-refractivity contribution in [2.75, 3.05) is 18.1 Å². The highest BCUT2D eigenvalue weighted by molar-refractivity contribution is 7.91. The Morgan fingerprint density at radius 1 is 1.56 bits per heavy atom. The lowest BCUT2D eigenvalue weighted by atomic mass is 9.89. The third-order valence-corrected chi connectivity index (χ3v) is 5.90. The molecule has 2 atom stereocenters. The predicted molar refractivity (Wildman–Crippen MR) is 65.4 cm³/mol. The minimum atomic E-state index is -2.84. The summed E-state index contributed by atoms with van der Waals surface area (Å²) in [5, 5.41) is 11.4. The van der Waals surface area contributed by atoms with Gasteiger partial charge in [0.05, 0.1) is 11.5 Å². The average molecular weight is 260 g/mol. The zero-order valence-electron chi connectivity index (χ0n) is 9.00. The number of aliphatic hydroxyl groups excluding tert-OH is 1. The van der Waals surface area contributed by atoms with E-state index in [9.17, 15) is 13.5 Å². The van der Waals surface area contributed by atoms with Gasteiger partial charge in [-0.1, -0.05) is 6.07 Å². The summed E-state index contributed by atoms with van der Waals surface area (Å²) in [6.45, 7) is 0.0814. The van der Waals surface area contributed by atoms with Gasteiger partial charge in [-0.25, -0.2) is 8.42 Å². The Kier molecular flexibility index (Phi) is 3.66. The first-order chi connectivity index (χ1) is 7.61. The summed E-state index contributed by atoms with van der Waals surface area (Å²) in [5.74, 6) is 0.774. The van der Waals surface area contributed by atoms with E-state index in [1.54, 1.807) is 11.3 Å². The summed E-state index contributed by atoms with van der Waals surface area (Å²) in [5.41, 5.74) is 0. The van der Waals surface area contributed by atoms with Crippen molar-refractivity contribution >= 4 is 21.2 Å². The van der Waals surface area contributed by atoms with Gasteiger partial charge in [0.25, 0.3) is 0 Å². The Morgan fingerprint density at radius 2 is 2.38 bits per heavy atom. The van der Waals surface area contributed by atoms with E-state index in [0.29, 0.717) is 12.2 Å². The molecule has 0 bridgehead atoms. The molecule has 1 fully saturated rings. The van der Waals surface area contributed by atoms with Crippen molar-refractivity contribution < 1.29 is 13.5 Å². The molecule has 3 nitrogen and oxygen atoms in total. The Balaban J connectivity index is 2.01. The minimum absolute atomic E-state index is 0.0814. The van der Waals surface area contributed by atoms with Crippen molar-refractivity contribution in [3.8, 4) is 0 Å². The Bertz CT molecular complexity index is 422. The van der Waals surface area contributed by atoms with Crippen molar-refractivity contribution in [2.24, 2.45) is 11.8 Å². The molecule has 0 aliphatic carbocycles. The zero-order chi connectivity index (χ0) is 11.6. The van der Waals surface area contributed by atoms with Gasteiger partial charge in [-0.2, -0.15) is 0 Å². The van der Waals surface area contributed by atoms with Crippen LogP contribution in [0.1, 0.15) is 11.3 Å². The largest absolute Gasteiger partial charge is 0.396 e. The van der Waals surface area contributed by atoms with Gasteiger partial charge in [0.2, 0.25) is 0 Å². The maximum Gasteiger partial charge on any atom is 0.150 e. The summed E-state index contributed by atoms with van der Waals surface area (Å²) in [6.07, 6.45) is 1.51. The fraction of sp³-hybridized carbons (Fsp3) is 0.636. The second kappa shape index (κ2) is 4.85. The van der Waals surface area contributed by atoms with Crippen LogP contribution in [0.3, 0.4) is 0 Å². The van der Waals surface area contributed by atoms with E-state index in [2.05, 4.69) is 0 Å². The number of sulfone groups is 1. The molecule has 0 aromatic carbocycles. The first-order valence-electron chi connectivity index (χ1n) is 5.44. The van der Waals surface area contributed by atoms with Gasteiger partial charge in [-0.05, 0) is 36.1 Å². The molecular weight excluding hydrogens is 244 g/mol. The van der Waals surface area contributed by atoms with Crippen LogP contribution in [0.4, 0.5) is 0 Å². The fourth-order valence-corrected chi connectivity index (χ4v) is 4.98. The Morgan fingerprint density at radius 3 is 2.88 bits per heavy atom. The molecule has 5 heteroatoms. The van der Waals surface area contributed by atoms with E-state index in [1.807, 2.05) is 17.5 Å². The van der Waals surface area contributed by atoms with Gasteiger partial charge in [0, 0.05) is 11.5 Å². The molecule has 1 aromatic rings. The number of rotatable bonds is 4. The molecule has 1 aliphatic heterocycles. The van der Waals surface area contributed by atoms with Crippen LogP contribution in [-0.4, -0.2) is 31.6 Å². The van der Waals surface area contributed by atoms with E-state index >= 15 is 0 Å². The first-order valence-corrected chi connectivity index (χ1v) is 8.14. The number of aliphatic hydroxyl groups is 1. The summed E-state index contributed by atoms with van der Waals surface area (Å²) >= 11 is 1.66. The van der Waals surface area contributed by atoms with Crippen LogP contribution in [0, 0.1) is 11.8 Å². The number of hydrogen-bond donors (Lipinski definition) is 1. The van der Waals surface area contributed by atoms with Gasteiger partial charge < -0.3 is 5.11 Å². The number of hydrogen-bond acceptors (Lipinski definition) is 4. The monoisotopic (exact) mass is 260 g/mol. The van der Waals surface area contributed by atoms with Crippen molar-refractivity contribution in [3.05, 3.63) is 22.4 Å². The first kappa shape index (κ1) is 12.1. The summed E-state index contributed by atoms with van der Waals surface area (Å²) in [7, 11) is -2.84. The lowest BCUT2D eigenvalue weighted by Crippen LogP contribution is -2.21. The van der Waals surface area contributed by atoms with Gasteiger partial charge in [0.15, 0.2) is 9.84 Å². The standard InChI is InChI=1S/C11H16O3S2/c12-7-10(6-11-2-1-4-15-11)9-3-5-16(13,14)8-9/h1-2,4,9-10,12H,3,5-8H2. The van der Waals surface area contributed by atoms with Crippen LogP contribution in [0.15, 0.2) is 17.5 Å². The quantitative estimate of drug-likeness (QED) is 0.888. The summed E-state index contributed by atoms with van der Waals surface area (Å²) < 4.78 is 22.8. The number of thiophene rings is 1. The molecule has 2 rings (SSSR count). The molecule has 0 amide bonds. The van der Waals surface area contributed by atoms with Crippen LogP contribution >= 0.6 is 11.3 Å². The van der Waals surface area contributed by atoms with Crippen LogP contribution in [0.2, 0.25) is 0 Å². The smallest absolute Gasteiger partial charge is 0.150 e. The SMILES string of the molecule is O=S1(=O)CCC(C(CO)Cc2cccs2)C1. The lowest BCUT2D eigenvalue weighted by Gasteiger charge is -2.19. The zero-order valence-corrected chi connectivity index (χ0v) is 10.6. The maximum absolute atomic E-state index is 11.4. The third kappa shape index (κ3) is 2.84. The predicted octanol–water partition coefficient (Wildman–Crippen LogP) is 1.33. The van der Waals surface area contributed by atoms with Gasteiger partial charge in [0.1, 0.15) is 0 Å². The van der Waals surface area contributed by atoms with Crippen LogP contribution in [0.5, 0.6) is 0 Å². The maximum atomic E-state index is 11.4. The van der Waals surface area contributed by atoms with Gasteiger partial charge in [-0.3, -0.25) is 0 Å². The van der Waals surface area contributed by atoms with E-state index in [0.717, 1.165) is 6.42 Å².